The number of aromatic nitrogens is 4. The fraction of sp³-hybridized carbons (Fsp3) is 0.438. The summed E-state index contributed by atoms with van der Waals surface area (Å²) in [6.07, 6.45) is 4.40. The molecule has 152 valence electrons. The van der Waals surface area contributed by atoms with E-state index < -0.39 is 4.92 Å². The molecule has 2 N–H and O–H groups in total. The van der Waals surface area contributed by atoms with Crippen LogP contribution in [-0.4, -0.2) is 49.5 Å². The Morgan fingerprint density at radius 1 is 1.32 bits per heavy atom. The van der Waals surface area contributed by atoms with Crippen molar-refractivity contribution in [2.45, 2.75) is 11.5 Å². The number of halogens is 1. The van der Waals surface area contributed by atoms with Gasteiger partial charge in [0.05, 0.1) is 27.5 Å². The number of nitro groups is 1. The van der Waals surface area contributed by atoms with Gasteiger partial charge in [0.15, 0.2) is 5.82 Å². The van der Waals surface area contributed by atoms with E-state index in [0.29, 0.717) is 29.7 Å². The zero-order valence-corrected chi connectivity index (χ0v) is 17.8. The molecule has 0 saturated carbocycles. The van der Waals surface area contributed by atoms with Crippen LogP contribution < -0.4 is 10.6 Å². The summed E-state index contributed by atoms with van der Waals surface area (Å²) in [5.41, 5.74) is 1.75. The molecule has 0 saturated heterocycles. The highest BCUT2D eigenvalue weighted by Gasteiger charge is 2.04. The van der Waals surface area contributed by atoms with Crippen LogP contribution in [0, 0.1) is 10.1 Å². The SMILES string of the molecule is Cn1ncc(CSCCN/C(=C\[N+](=O)[O-])NCCSCc2ncccc2Cl)n1. The first-order chi connectivity index (χ1) is 13.5. The number of hydrogen-bond acceptors (Lipinski definition) is 9. The van der Waals surface area contributed by atoms with Crippen molar-refractivity contribution < 1.29 is 4.92 Å². The van der Waals surface area contributed by atoms with Crippen molar-refractivity contribution in [1.29, 1.82) is 0 Å². The van der Waals surface area contributed by atoms with Crippen LogP contribution in [0.1, 0.15) is 11.4 Å². The number of aryl methyl sites for hydroxylation is 1. The Labute approximate surface area is 176 Å². The summed E-state index contributed by atoms with van der Waals surface area (Å²) in [6, 6.07) is 3.61. The number of pyridine rings is 1. The number of nitrogens with one attached hydrogen (secondary N) is 2. The van der Waals surface area contributed by atoms with Gasteiger partial charge in [-0.3, -0.25) is 15.1 Å². The maximum Gasteiger partial charge on any atom is 0.274 e. The monoisotopic (exact) mass is 443 g/mol. The van der Waals surface area contributed by atoms with Gasteiger partial charge < -0.3 is 10.6 Å². The molecule has 0 spiro atoms. The van der Waals surface area contributed by atoms with Crippen molar-refractivity contribution in [3.05, 3.63) is 63.1 Å². The average molecular weight is 444 g/mol. The maximum atomic E-state index is 10.8. The lowest BCUT2D eigenvalue weighted by atomic mass is 10.4. The van der Waals surface area contributed by atoms with Crippen LogP contribution in [0.15, 0.2) is 36.5 Å². The van der Waals surface area contributed by atoms with E-state index in [1.165, 1.54) is 4.80 Å². The van der Waals surface area contributed by atoms with Crippen molar-refractivity contribution in [1.82, 2.24) is 30.6 Å². The standard InChI is InChI=1S/C16H22ClN7O2S2/c1-23-21-9-13(22-23)11-27-7-5-19-16(10-24(25)26)20-6-8-28-12-15-14(17)3-2-4-18-15/h2-4,9-10,19-20H,5-8,11-12H2,1H3/b16-10+. The molecule has 0 aliphatic heterocycles. The van der Waals surface area contributed by atoms with Crippen LogP contribution in [0.5, 0.6) is 0 Å². The number of hydrogen-bond donors (Lipinski definition) is 2. The lowest BCUT2D eigenvalue weighted by molar-refractivity contribution is -0.404. The topological polar surface area (TPSA) is 111 Å². The van der Waals surface area contributed by atoms with Crippen molar-refractivity contribution in [3.8, 4) is 0 Å². The van der Waals surface area contributed by atoms with E-state index in [1.807, 2.05) is 6.07 Å². The van der Waals surface area contributed by atoms with Gasteiger partial charge in [-0.1, -0.05) is 11.6 Å². The van der Waals surface area contributed by atoms with Crippen molar-refractivity contribution in [2.24, 2.45) is 7.05 Å². The van der Waals surface area contributed by atoms with Crippen LogP contribution in [0.3, 0.4) is 0 Å². The highest BCUT2D eigenvalue weighted by molar-refractivity contribution is 7.98. The largest absolute Gasteiger partial charge is 0.366 e. The fourth-order valence-corrected chi connectivity index (χ4v) is 3.91. The Kier molecular flexibility index (Phi) is 9.94. The molecule has 0 unspecified atom stereocenters. The summed E-state index contributed by atoms with van der Waals surface area (Å²) >= 11 is 9.42. The molecule has 2 heterocycles. The molecular weight excluding hydrogens is 422 g/mol. The van der Waals surface area contributed by atoms with E-state index >= 15 is 0 Å². The summed E-state index contributed by atoms with van der Waals surface area (Å²) in [5.74, 6) is 3.42. The summed E-state index contributed by atoms with van der Waals surface area (Å²) in [6.45, 7) is 1.20. The van der Waals surface area contributed by atoms with E-state index in [-0.39, 0.29) is 0 Å². The predicted octanol–water partition coefficient (Wildman–Crippen LogP) is 2.28. The molecule has 28 heavy (non-hydrogen) atoms. The minimum atomic E-state index is -0.469. The lowest BCUT2D eigenvalue weighted by Gasteiger charge is -2.11. The Morgan fingerprint density at radius 2 is 2.04 bits per heavy atom. The van der Waals surface area contributed by atoms with Gasteiger partial charge in [-0.05, 0) is 12.1 Å². The Hall–Kier alpha value is -1.98. The number of nitrogens with zero attached hydrogens (tertiary/aromatic N) is 5. The summed E-state index contributed by atoms with van der Waals surface area (Å²) < 4.78 is 0. The molecule has 2 aromatic rings. The molecule has 0 fully saturated rings. The van der Waals surface area contributed by atoms with E-state index in [9.17, 15) is 10.1 Å². The van der Waals surface area contributed by atoms with E-state index in [4.69, 9.17) is 11.6 Å². The Balaban J connectivity index is 1.62. The van der Waals surface area contributed by atoms with Crippen LogP contribution in [-0.2, 0) is 18.6 Å². The molecule has 0 aliphatic rings. The molecule has 2 rings (SSSR count). The smallest absolute Gasteiger partial charge is 0.274 e. The first-order valence-electron chi connectivity index (χ1n) is 8.47. The molecule has 9 nitrogen and oxygen atoms in total. The Bertz CT molecular complexity index is 788. The highest BCUT2D eigenvalue weighted by Crippen LogP contribution is 2.18. The molecule has 2 aromatic heterocycles. The van der Waals surface area contributed by atoms with Crippen molar-refractivity contribution >= 4 is 35.1 Å². The molecule has 0 atom stereocenters. The van der Waals surface area contributed by atoms with Crippen LogP contribution in [0.4, 0.5) is 0 Å². The van der Waals surface area contributed by atoms with E-state index in [0.717, 1.165) is 34.8 Å². The van der Waals surface area contributed by atoms with Gasteiger partial charge in [-0.25, -0.2) is 0 Å². The average Bonchev–Trinajstić information content (AvgIpc) is 3.07. The third kappa shape index (κ3) is 8.81. The van der Waals surface area contributed by atoms with Gasteiger partial charge in [0.25, 0.3) is 6.20 Å². The normalized spacial score (nSPS) is 11.4. The van der Waals surface area contributed by atoms with Crippen LogP contribution >= 0.6 is 35.1 Å². The van der Waals surface area contributed by atoms with E-state index in [2.05, 4.69) is 25.8 Å². The van der Waals surface area contributed by atoms with Gasteiger partial charge in [0, 0.05) is 49.3 Å². The second-order valence-electron chi connectivity index (χ2n) is 5.54. The van der Waals surface area contributed by atoms with Gasteiger partial charge in [-0.2, -0.15) is 38.5 Å². The summed E-state index contributed by atoms with van der Waals surface area (Å²) in [4.78, 5) is 16.1. The minimum Gasteiger partial charge on any atom is -0.366 e. The van der Waals surface area contributed by atoms with Crippen molar-refractivity contribution in [3.63, 3.8) is 0 Å². The maximum absolute atomic E-state index is 10.8. The fourth-order valence-electron chi connectivity index (χ4n) is 2.10. The minimum absolute atomic E-state index is 0.404. The molecule has 0 bridgehead atoms. The third-order valence-corrected chi connectivity index (χ3v) is 5.64. The van der Waals surface area contributed by atoms with Crippen LogP contribution in [0.2, 0.25) is 5.02 Å². The van der Waals surface area contributed by atoms with E-state index in [1.54, 1.807) is 49.0 Å². The molecule has 12 heteroatoms. The van der Waals surface area contributed by atoms with Gasteiger partial charge in [-0.15, -0.1) is 0 Å². The quantitative estimate of drug-likeness (QED) is 0.273. The van der Waals surface area contributed by atoms with Gasteiger partial charge >= 0.3 is 0 Å². The predicted molar refractivity (Wildman–Crippen MR) is 114 cm³/mol. The molecule has 0 aliphatic carbocycles. The molecule has 0 amide bonds. The molecule has 0 aromatic carbocycles. The summed E-state index contributed by atoms with van der Waals surface area (Å²) in [5, 5.41) is 25.8. The molecule has 0 radical (unpaired) electrons. The first kappa shape index (κ1) is 22.3. The number of thioether (sulfide) groups is 2. The molecular formula is C16H22ClN7O2S2. The third-order valence-electron chi connectivity index (χ3n) is 3.33. The second-order valence-corrected chi connectivity index (χ2v) is 8.16. The first-order valence-corrected chi connectivity index (χ1v) is 11.2. The Morgan fingerprint density at radius 3 is 2.64 bits per heavy atom. The van der Waals surface area contributed by atoms with Crippen molar-refractivity contribution in [2.75, 3.05) is 24.6 Å². The zero-order valence-electron chi connectivity index (χ0n) is 15.4. The lowest BCUT2D eigenvalue weighted by Crippen LogP contribution is -2.30. The van der Waals surface area contributed by atoms with Gasteiger partial charge in [0.1, 0.15) is 0 Å². The summed E-state index contributed by atoms with van der Waals surface area (Å²) in [7, 11) is 1.78. The van der Waals surface area contributed by atoms with Crippen LogP contribution in [0.25, 0.3) is 0 Å². The second kappa shape index (κ2) is 12.5. The zero-order chi connectivity index (χ0) is 20.2. The highest BCUT2D eigenvalue weighted by atomic mass is 35.5. The van der Waals surface area contributed by atoms with Gasteiger partial charge in [0.2, 0.25) is 0 Å². The number of rotatable bonds is 13.